The van der Waals surface area contributed by atoms with Crippen LogP contribution in [0.4, 0.5) is 32.2 Å². The van der Waals surface area contributed by atoms with Gasteiger partial charge in [0, 0.05) is 30.2 Å². The van der Waals surface area contributed by atoms with Gasteiger partial charge in [-0.05, 0) is 60.7 Å². The van der Waals surface area contributed by atoms with Crippen molar-refractivity contribution in [2.45, 2.75) is 43.7 Å². The number of halogens is 7. The first-order chi connectivity index (χ1) is 25.5. The Morgan fingerprint density at radius 3 is 2.37 bits per heavy atom. The van der Waals surface area contributed by atoms with E-state index >= 15 is 8.78 Å². The number of carbonyl (C=O) groups excluding carboxylic acids is 1. The number of nitrogens with zero attached hydrogens (tertiary/aromatic N) is 6. The summed E-state index contributed by atoms with van der Waals surface area (Å²) in [6, 6.07) is 11.2. The highest BCUT2D eigenvalue weighted by atomic mass is 35.5. The fourth-order valence-electron chi connectivity index (χ4n) is 7.40. The smallest absolute Gasteiger partial charge is 0.293 e. The summed E-state index contributed by atoms with van der Waals surface area (Å²) in [7, 11) is -2.28. The molecule has 0 bridgehead atoms. The Kier molecular flexibility index (Phi) is 8.40. The molecule has 3 aromatic heterocycles. The first kappa shape index (κ1) is 35.8. The van der Waals surface area contributed by atoms with E-state index in [4.69, 9.17) is 21.6 Å². The molecule has 0 radical (unpaired) electrons. The largest absolute Gasteiger partial charge is 0.346 e. The number of benzene rings is 3. The molecule has 280 valence electrons. The molecule has 54 heavy (non-hydrogen) atoms. The molecule has 0 saturated heterocycles. The van der Waals surface area contributed by atoms with Crippen LogP contribution in [0.15, 0.2) is 54.6 Å². The van der Waals surface area contributed by atoms with Crippen molar-refractivity contribution in [3.05, 3.63) is 99.5 Å². The average Bonchev–Trinajstić information content (AvgIpc) is 3.62. The van der Waals surface area contributed by atoms with Gasteiger partial charge in [0.05, 0.1) is 50.6 Å². The standard InChI is InChI=1S/C35H27ClF6N8O3S/c1-49-31-18(7-8-21(36)27(31)34(47-49)48-54(2,52)53)28-29(45-23-6-4-3-5-22(23)44-28)24(11-15-9-16(37)12-17(38)10-15)43-25(51)14-50-32-26(30(46-50)33(39)40)19-13-20(19)35(32,41)42/h3-10,12,19-20,24,33H,11,13-14H2,1-2H3,(H,43,51)(H,47,48)/t19?,20-,24+/m1/s1. The normalized spacial score (nSPS) is 17.9. The van der Waals surface area contributed by atoms with Crippen LogP contribution in [0.5, 0.6) is 0 Å². The number of para-hydroxylation sites is 2. The molecule has 2 aliphatic rings. The lowest BCUT2D eigenvalue weighted by atomic mass is 9.97. The highest BCUT2D eigenvalue weighted by molar-refractivity contribution is 7.92. The molecule has 1 amide bonds. The van der Waals surface area contributed by atoms with Crippen LogP contribution in [-0.2, 0) is 40.8 Å². The number of amides is 1. The summed E-state index contributed by atoms with van der Waals surface area (Å²) in [6.45, 7) is -0.887. The molecule has 2 aliphatic carbocycles. The SMILES string of the molecule is Cn1nc(NS(C)(=O)=O)c2c(Cl)ccc(-c3nc4ccccc4nc3[C@H](Cc3cc(F)cc(F)c3)NC(=O)Cn3nc(C(F)F)c4c3C(F)(F)[C@@H]3CC43)c21. The van der Waals surface area contributed by atoms with E-state index in [9.17, 15) is 30.8 Å². The van der Waals surface area contributed by atoms with Gasteiger partial charge in [0.2, 0.25) is 15.9 Å². The van der Waals surface area contributed by atoms with Crippen molar-refractivity contribution in [2.24, 2.45) is 13.0 Å². The first-order valence-corrected chi connectivity index (χ1v) is 18.7. The van der Waals surface area contributed by atoms with Gasteiger partial charge in [-0.2, -0.15) is 19.0 Å². The quantitative estimate of drug-likeness (QED) is 0.144. The van der Waals surface area contributed by atoms with Crippen LogP contribution in [0.2, 0.25) is 5.02 Å². The molecule has 3 heterocycles. The minimum Gasteiger partial charge on any atom is -0.346 e. The van der Waals surface area contributed by atoms with Crippen LogP contribution >= 0.6 is 11.6 Å². The molecular formula is C35H27ClF6N8O3S. The van der Waals surface area contributed by atoms with Crippen LogP contribution in [0, 0.1) is 17.6 Å². The monoisotopic (exact) mass is 788 g/mol. The number of carbonyl (C=O) groups is 1. The molecule has 11 nitrogen and oxygen atoms in total. The van der Waals surface area contributed by atoms with Crippen molar-refractivity contribution in [3.63, 3.8) is 0 Å². The van der Waals surface area contributed by atoms with Gasteiger partial charge in [0.15, 0.2) is 5.82 Å². The summed E-state index contributed by atoms with van der Waals surface area (Å²) in [5.41, 5.74) is -0.166. The van der Waals surface area contributed by atoms with Crippen LogP contribution in [0.1, 0.15) is 53.0 Å². The summed E-state index contributed by atoms with van der Waals surface area (Å²) >= 11 is 6.58. The lowest BCUT2D eigenvalue weighted by molar-refractivity contribution is -0.123. The summed E-state index contributed by atoms with van der Waals surface area (Å²) in [5.74, 6) is -8.26. The summed E-state index contributed by atoms with van der Waals surface area (Å²) < 4.78 is 116. The molecular weight excluding hydrogens is 762 g/mol. The van der Waals surface area contributed by atoms with Crippen LogP contribution in [-0.4, -0.2) is 50.1 Å². The van der Waals surface area contributed by atoms with Crippen molar-refractivity contribution in [3.8, 4) is 11.3 Å². The number of anilines is 1. The number of rotatable bonds is 10. The number of hydrogen-bond acceptors (Lipinski definition) is 7. The summed E-state index contributed by atoms with van der Waals surface area (Å²) in [4.78, 5) is 23.5. The van der Waals surface area contributed by atoms with Gasteiger partial charge in [0.25, 0.3) is 12.3 Å². The fourth-order valence-corrected chi connectivity index (χ4v) is 8.14. The number of alkyl halides is 4. The van der Waals surface area contributed by atoms with Gasteiger partial charge < -0.3 is 5.32 Å². The maximum absolute atomic E-state index is 15.3. The fraction of sp³-hybridized carbons (Fsp3) is 0.286. The zero-order valence-corrected chi connectivity index (χ0v) is 29.7. The van der Waals surface area contributed by atoms with Crippen molar-refractivity contribution in [1.29, 1.82) is 0 Å². The van der Waals surface area contributed by atoms with E-state index in [0.717, 1.165) is 18.4 Å². The predicted molar refractivity (Wildman–Crippen MR) is 186 cm³/mol. The van der Waals surface area contributed by atoms with Gasteiger partial charge in [-0.3, -0.25) is 18.9 Å². The van der Waals surface area contributed by atoms with E-state index < -0.39 is 75.7 Å². The van der Waals surface area contributed by atoms with E-state index in [1.807, 2.05) is 0 Å². The van der Waals surface area contributed by atoms with Crippen LogP contribution < -0.4 is 10.0 Å². The molecule has 3 aromatic carbocycles. The zero-order chi connectivity index (χ0) is 38.4. The molecule has 3 atom stereocenters. The van der Waals surface area contributed by atoms with E-state index in [-0.39, 0.29) is 51.6 Å². The lowest BCUT2D eigenvalue weighted by Crippen LogP contribution is -2.35. The number of hydrogen-bond donors (Lipinski definition) is 2. The second kappa shape index (κ2) is 12.7. The second-order valence-corrected chi connectivity index (χ2v) is 15.5. The van der Waals surface area contributed by atoms with Gasteiger partial charge in [-0.25, -0.2) is 35.9 Å². The minimum absolute atomic E-state index is 0.0354. The van der Waals surface area contributed by atoms with Crippen LogP contribution in [0.25, 0.3) is 33.2 Å². The molecule has 2 N–H and O–H groups in total. The Morgan fingerprint density at radius 2 is 1.70 bits per heavy atom. The maximum Gasteiger partial charge on any atom is 0.293 e. The Balaban J connectivity index is 1.28. The third-order valence-corrected chi connectivity index (χ3v) is 10.4. The molecule has 8 rings (SSSR count). The Hall–Kier alpha value is -5.23. The molecule has 1 saturated carbocycles. The molecule has 1 fully saturated rings. The van der Waals surface area contributed by atoms with Crippen molar-refractivity contribution >= 4 is 55.3 Å². The number of aromatic nitrogens is 6. The van der Waals surface area contributed by atoms with Gasteiger partial charge in [-0.1, -0.05) is 23.7 Å². The topological polar surface area (TPSA) is 137 Å². The molecule has 19 heteroatoms. The maximum atomic E-state index is 15.3. The van der Waals surface area contributed by atoms with Crippen molar-refractivity contribution < 1.29 is 39.6 Å². The second-order valence-electron chi connectivity index (χ2n) is 13.4. The van der Waals surface area contributed by atoms with E-state index in [0.29, 0.717) is 32.9 Å². The van der Waals surface area contributed by atoms with E-state index in [2.05, 4.69) is 20.2 Å². The molecule has 1 unspecified atom stereocenters. The van der Waals surface area contributed by atoms with Gasteiger partial charge in [-0.15, -0.1) is 0 Å². The Bertz CT molecular complexity index is 2630. The predicted octanol–water partition coefficient (Wildman–Crippen LogP) is 6.93. The lowest BCUT2D eigenvalue weighted by Gasteiger charge is -2.23. The van der Waals surface area contributed by atoms with Gasteiger partial charge in [0.1, 0.15) is 29.6 Å². The molecule has 0 aliphatic heterocycles. The molecule has 6 aromatic rings. The number of fused-ring (bicyclic) bond motifs is 5. The Morgan fingerprint density at radius 1 is 1.02 bits per heavy atom. The van der Waals surface area contributed by atoms with Crippen LogP contribution in [0.3, 0.4) is 0 Å². The third-order valence-electron chi connectivity index (χ3n) is 9.56. The first-order valence-electron chi connectivity index (χ1n) is 16.4. The third kappa shape index (κ3) is 6.19. The Labute approximate surface area is 307 Å². The minimum atomic E-state index is -3.81. The summed E-state index contributed by atoms with van der Waals surface area (Å²) in [5, 5.41) is 11.1. The summed E-state index contributed by atoms with van der Waals surface area (Å²) in [6.07, 6.45) is -2.48. The number of nitrogens with one attached hydrogen (secondary N) is 2. The van der Waals surface area contributed by atoms with Crippen molar-refractivity contribution in [2.75, 3.05) is 11.0 Å². The average molecular weight is 789 g/mol. The highest BCUT2D eigenvalue weighted by Gasteiger charge is 2.67. The number of aryl methyl sites for hydroxylation is 1. The van der Waals surface area contributed by atoms with E-state index in [1.165, 1.54) is 17.8 Å². The van der Waals surface area contributed by atoms with E-state index in [1.54, 1.807) is 30.3 Å². The number of sulfonamides is 1. The van der Waals surface area contributed by atoms with Gasteiger partial charge >= 0.3 is 0 Å². The van der Waals surface area contributed by atoms with Crippen molar-refractivity contribution in [1.82, 2.24) is 34.8 Å². The zero-order valence-electron chi connectivity index (χ0n) is 28.1. The highest BCUT2D eigenvalue weighted by Crippen LogP contribution is 2.68. The molecule has 0 spiro atoms.